The first-order valence-corrected chi connectivity index (χ1v) is 9.54. The Labute approximate surface area is 166 Å². The van der Waals surface area contributed by atoms with Crippen LogP contribution >= 0.6 is 11.3 Å². The molecule has 0 unspecified atom stereocenters. The second-order valence-corrected chi connectivity index (χ2v) is 7.35. The summed E-state index contributed by atoms with van der Waals surface area (Å²) in [7, 11) is 3.40. The number of aryl methyl sites for hydroxylation is 2. The van der Waals surface area contributed by atoms with E-state index in [1.165, 1.54) is 11.3 Å². The van der Waals surface area contributed by atoms with Gasteiger partial charge in [-0.25, -0.2) is 4.98 Å². The SMILES string of the molecule is COc1ccc2nc(N(Cc3ccccn3)C(=O)c3cc(C)nn3C)sc2c1. The van der Waals surface area contributed by atoms with Crippen LogP contribution in [0.1, 0.15) is 21.9 Å². The average Bonchev–Trinajstić information content (AvgIpc) is 3.27. The van der Waals surface area contributed by atoms with Gasteiger partial charge in [0.25, 0.3) is 5.91 Å². The fourth-order valence-electron chi connectivity index (χ4n) is 2.96. The Morgan fingerprint density at radius 2 is 2.11 bits per heavy atom. The number of pyridine rings is 1. The van der Waals surface area contributed by atoms with Crippen molar-refractivity contribution in [2.24, 2.45) is 7.05 Å². The van der Waals surface area contributed by atoms with Crippen LogP contribution in [0.5, 0.6) is 5.75 Å². The summed E-state index contributed by atoms with van der Waals surface area (Å²) in [6, 6.07) is 13.1. The van der Waals surface area contributed by atoms with Gasteiger partial charge in [-0.15, -0.1) is 0 Å². The highest BCUT2D eigenvalue weighted by Crippen LogP contribution is 2.32. The van der Waals surface area contributed by atoms with Gasteiger partial charge in [0.05, 0.1) is 35.3 Å². The van der Waals surface area contributed by atoms with Crippen molar-refractivity contribution in [2.75, 3.05) is 12.0 Å². The molecule has 0 fully saturated rings. The number of carbonyl (C=O) groups is 1. The first-order valence-electron chi connectivity index (χ1n) is 8.72. The number of anilines is 1. The lowest BCUT2D eigenvalue weighted by atomic mass is 10.3. The van der Waals surface area contributed by atoms with Gasteiger partial charge >= 0.3 is 0 Å². The molecule has 1 aromatic carbocycles. The topological polar surface area (TPSA) is 73.1 Å². The van der Waals surface area contributed by atoms with Crippen LogP contribution in [0.3, 0.4) is 0 Å². The molecule has 142 valence electrons. The Hall–Kier alpha value is -3.26. The summed E-state index contributed by atoms with van der Waals surface area (Å²) >= 11 is 1.45. The van der Waals surface area contributed by atoms with Crippen molar-refractivity contribution in [3.63, 3.8) is 0 Å². The van der Waals surface area contributed by atoms with E-state index in [4.69, 9.17) is 4.74 Å². The second kappa shape index (κ2) is 7.40. The maximum absolute atomic E-state index is 13.4. The van der Waals surface area contributed by atoms with Crippen LogP contribution in [0, 0.1) is 6.92 Å². The van der Waals surface area contributed by atoms with Crippen LogP contribution in [0.25, 0.3) is 10.2 Å². The number of thiazole rings is 1. The Balaban J connectivity index is 1.78. The summed E-state index contributed by atoms with van der Waals surface area (Å²) in [6.07, 6.45) is 1.72. The second-order valence-electron chi connectivity index (χ2n) is 6.34. The smallest absolute Gasteiger partial charge is 0.278 e. The van der Waals surface area contributed by atoms with E-state index >= 15 is 0 Å². The molecule has 0 saturated heterocycles. The maximum Gasteiger partial charge on any atom is 0.278 e. The van der Waals surface area contributed by atoms with Gasteiger partial charge in [0.1, 0.15) is 11.4 Å². The van der Waals surface area contributed by atoms with E-state index in [1.54, 1.807) is 36.0 Å². The minimum absolute atomic E-state index is 0.167. The highest BCUT2D eigenvalue weighted by atomic mass is 32.1. The number of hydrogen-bond donors (Lipinski definition) is 0. The molecule has 0 aliphatic rings. The third-order valence-electron chi connectivity index (χ3n) is 4.33. The number of fused-ring (bicyclic) bond motifs is 1. The van der Waals surface area contributed by atoms with Gasteiger partial charge < -0.3 is 4.74 Å². The molecule has 4 rings (SSSR count). The van der Waals surface area contributed by atoms with Crippen LogP contribution in [0.2, 0.25) is 0 Å². The Bertz CT molecular complexity index is 1140. The lowest BCUT2D eigenvalue weighted by Crippen LogP contribution is -2.32. The molecule has 0 N–H and O–H groups in total. The van der Waals surface area contributed by atoms with Crippen LogP contribution in [-0.2, 0) is 13.6 Å². The third-order valence-corrected chi connectivity index (χ3v) is 5.37. The van der Waals surface area contributed by atoms with Crippen molar-refractivity contribution >= 4 is 32.6 Å². The molecule has 7 nitrogen and oxygen atoms in total. The first-order chi connectivity index (χ1) is 13.5. The standard InChI is InChI=1S/C20H19N5O2S/c1-13-10-17(24(2)23-13)19(26)25(12-14-6-4-5-9-21-14)20-22-16-8-7-15(27-3)11-18(16)28-20/h4-11H,12H2,1-3H3. The van der Waals surface area contributed by atoms with E-state index < -0.39 is 0 Å². The molecule has 8 heteroatoms. The molecule has 0 aliphatic carbocycles. The number of rotatable bonds is 5. The Kier molecular flexibility index (Phi) is 4.79. The summed E-state index contributed by atoms with van der Waals surface area (Å²) in [5.41, 5.74) is 2.90. The molecule has 0 saturated carbocycles. The number of ether oxygens (including phenoxy) is 1. The molecule has 0 radical (unpaired) electrons. The van der Waals surface area contributed by atoms with Gasteiger partial charge in [0.2, 0.25) is 0 Å². The molecule has 0 atom stereocenters. The predicted molar refractivity (Wildman–Crippen MR) is 109 cm³/mol. The number of aromatic nitrogens is 4. The van der Waals surface area contributed by atoms with Crippen molar-refractivity contribution in [3.8, 4) is 5.75 Å². The predicted octanol–water partition coefficient (Wildman–Crippen LogP) is 3.59. The van der Waals surface area contributed by atoms with E-state index in [1.807, 2.05) is 43.3 Å². The Morgan fingerprint density at radius 1 is 1.25 bits per heavy atom. The van der Waals surface area contributed by atoms with Gasteiger partial charge in [0, 0.05) is 13.2 Å². The fraction of sp³-hybridized carbons (Fsp3) is 0.200. The molecule has 1 amide bonds. The summed E-state index contributed by atoms with van der Waals surface area (Å²) in [6.45, 7) is 2.19. The number of nitrogens with zero attached hydrogens (tertiary/aromatic N) is 5. The van der Waals surface area contributed by atoms with E-state index in [2.05, 4.69) is 15.1 Å². The highest BCUT2D eigenvalue weighted by molar-refractivity contribution is 7.22. The number of benzene rings is 1. The van der Waals surface area contributed by atoms with Crippen LogP contribution < -0.4 is 9.64 Å². The Morgan fingerprint density at radius 3 is 2.79 bits per heavy atom. The first kappa shape index (κ1) is 18.1. The number of amides is 1. The van der Waals surface area contributed by atoms with Crippen molar-refractivity contribution in [1.82, 2.24) is 19.7 Å². The zero-order valence-electron chi connectivity index (χ0n) is 15.8. The third kappa shape index (κ3) is 3.46. The number of methoxy groups -OCH3 is 1. The molecular formula is C20H19N5O2S. The van der Waals surface area contributed by atoms with Crippen molar-refractivity contribution in [1.29, 1.82) is 0 Å². The highest BCUT2D eigenvalue weighted by Gasteiger charge is 2.25. The molecule has 3 aromatic heterocycles. The monoisotopic (exact) mass is 393 g/mol. The average molecular weight is 393 g/mol. The van der Waals surface area contributed by atoms with Crippen LogP contribution in [0.4, 0.5) is 5.13 Å². The number of carbonyl (C=O) groups excluding carboxylic acids is 1. The fourth-order valence-corrected chi connectivity index (χ4v) is 3.96. The van der Waals surface area contributed by atoms with Crippen LogP contribution in [0.15, 0.2) is 48.7 Å². The molecule has 0 aliphatic heterocycles. The van der Waals surface area contributed by atoms with Crippen molar-refractivity contribution in [2.45, 2.75) is 13.5 Å². The zero-order chi connectivity index (χ0) is 19.7. The maximum atomic E-state index is 13.4. The van der Waals surface area contributed by atoms with Crippen LogP contribution in [-0.4, -0.2) is 32.8 Å². The van der Waals surface area contributed by atoms with E-state index in [9.17, 15) is 4.79 Å². The normalized spacial score (nSPS) is 11.0. The summed E-state index contributed by atoms with van der Waals surface area (Å²) in [5, 5.41) is 4.91. The molecule has 3 heterocycles. The summed E-state index contributed by atoms with van der Waals surface area (Å²) in [5.74, 6) is 0.590. The molecule has 4 aromatic rings. The quantitative estimate of drug-likeness (QED) is 0.518. The van der Waals surface area contributed by atoms with E-state index in [0.717, 1.165) is 27.4 Å². The zero-order valence-corrected chi connectivity index (χ0v) is 16.6. The van der Waals surface area contributed by atoms with E-state index in [0.29, 0.717) is 17.4 Å². The van der Waals surface area contributed by atoms with Crippen molar-refractivity contribution < 1.29 is 9.53 Å². The minimum atomic E-state index is -0.167. The van der Waals surface area contributed by atoms with E-state index in [-0.39, 0.29) is 5.91 Å². The van der Waals surface area contributed by atoms with Gasteiger partial charge in [-0.05, 0) is 43.3 Å². The van der Waals surface area contributed by atoms with Gasteiger partial charge in [-0.3, -0.25) is 19.4 Å². The summed E-state index contributed by atoms with van der Waals surface area (Å²) in [4.78, 5) is 24.1. The largest absolute Gasteiger partial charge is 0.497 e. The molecule has 0 bridgehead atoms. The lowest BCUT2D eigenvalue weighted by molar-refractivity contribution is 0.0975. The van der Waals surface area contributed by atoms with Gasteiger partial charge in [0.15, 0.2) is 5.13 Å². The summed E-state index contributed by atoms with van der Waals surface area (Å²) < 4.78 is 7.85. The molecular weight excluding hydrogens is 374 g/mol. The molecule has 28 heavy (non-hydrogen) atoms. The number of hydrogen-bond acceptors (Lipinski definition) is 6. The van der Waals surface area contributed by atoms with Crippen molar-refractivity contribution in [3.05, 3.63) is 65.7 Å². The van der Waals surface area contributed by atoms with Gasteiger partial charge in [-0.2, -0.15) is 5.10 Å². The minimum Gasteiger partial charge on any atom is -0.497 e. The molecule has 0 spiro atoms. The lowest BCUT2D eigenvalue weighted by Gasteiger charge is -2.19. The van der Waals surface area contributed by atoms with Gasteiger partial charge in [-0.1, -0.05) is 17.4 Å².